The number of carbonyl (C=O) groups excluding carboxylic acids is 5. The summed E-state index contributed by atoms with van der Waals surface area (Å²) in [6, 6.07) is 11.0. The molecule has 1 aliphatic carbocycles. The number of ether oxygens (including phenoxy) is 2. The standard InChI is InChI=1S/C26H22N2O7/c1-12-20(25(32)34-4)13(2)27-21(12)26(33)35-14(3)24(31)28-15-9-10-18-19(11-15)23(30)17-8-6-5-7-16(17)22(18)29/h5-11,14,27H,1-4H3,(H,28,31). The number of aromatic nitrogens is 1. The molecule has 9 heteroatoms. The number of H-pyrrole nitrogens is 1. The number of hydrogen-bond acceptors (Lipinski definition) is 7. The van der Waals surface area contributed by atoms with Gasteiger partial charge in [-0.05, 0) is 44.5 Å². The van der Waals surface area contributed by atoms with Crippen molar-refractivity contribution in [1.82, 2.24) is 4.98 Å². The summed E-state index contributed by atoms with van der Waals surface area (Å²) in [7, 11) is 1.24. The molecule has 0 bridgehead atoms. The zero-order valence-corrected chi connectivity index (χ0v) is 19.5. The lowest BCUT2D eigenvalue weighted by Crippen LogP contribution is -2.30. The van der Waals surface area contributed by atoms with E-state index >= 15 is 0 Å². The van der Waals surface area contributed by atoms with Gasteiger partial charge in [-0.15, -0.1) is 0 Å². The van der Waals surface area contributed by atoms with Crippen molar-refractivity contribution in [3.05, 3.63) is 87.2 Å². The van der Waals surface area contributed by atoms with E-state index in [9.17, 15) is 24.0 Å². The van der Waals surface area contributed by atoms with Crippen LogP contribution in [0.4, 0.5) is 5.69 Å². The van der Waals surface area contributed by atoms with Crippen LogP contribution in [0, 0.1) is 13.8 Å². The highest BCUT2D eigenvalue weighted by molar-refractivity contribution is 6.28. The Kier molecular flexibility index (Phi) is 6.09. The number of fused-ring (bicyclic) bond motifs is 2. The molecular formula is C26H22N2O7. The summed E-state index contributed by atoms with van der Waals surface area (Å²) < 4.78 is 10.0. The van der Waals surface area contributed by atoms with Crippen LogP contribution in [-0.4, -0.2) is 47.6 Å². The molecule has 0 saturated heterocycles. The molecule has 3 aromatic rings. The summed E-state index contributed by atoms with van der Waals surface area (Å²) in [5.74, 6) is -2.62. The molecule has 0 aliphatic heterocycles. The summed E-state index contributed by atoms with van der Waals surface area (Å²) in [6.45, 7) is 4.58. The summed E-state index contributed by atoms with van der Waals surface area (Å²) in [6.07, 6.45) is -1.19. The molecule has 1 aromatic heterocycles. The van der Waals surface area contributed by atoms with Gasteiger partial charge in [0.1, 0.15) is 5.69 Å². The van der Waals surface area contributed by atoms with Crippen LogP contribution in [0.15, 0.2) is 42.5 Å². The minimum Gasteiger partial charge on any atom is -0.465 e. The fourth-order valence-electron chi connectivity index (χ4n) is 4.06. The first kappa shape index (κ1) is 23.6. The summed E-state index contributed by atoms with van der Waals surface area (Å²) in [4.78, 5) is 65.7. The monoisotopic (exact) mass is 474 g/mol. The number of nitrogens with one attached hydrogen (secondary N) is 2. The van der Waals surface area contributed by atoms with Crippen molar-refractivity contribution in [1.29, 1.82) is 0 Å². The molecule has 1 atom stereocenters. The first-order valence-corrected chi connectivity index (χ1v) is 10.8. The minimum absolute atomic E-state index is 0.0408. The average molecular weight is 474 g/mol. The van der Waals surface area contributed by atoms with Crippen molar-refractivity contribution in [2.75, 3.05) is 12.4 Å². The maximum absolute atomic E-state index is 12.9. The number of aryl methyl sites for hydroxylation is 1. The molecule has 4 rings (SSSR count). The first-order valence-electron chi connectivity index (χ1n) is 10.8. The smallest absolute Gasteiger partial charge is 0.355 e. The van der Waals surface area contributed by atoms with E-state index in [1.807, 2.05) is 0 Å². The van der Waals surface area contributed by atoms with Gasteiger partial charge in [0.2, 0.25) is 0 Å². The fraction of sp³-hybridized carbons (Fsp3) is 0.192. The molecule has 2 N–H and O–H groups in total. The highest BCUT2D eigenvalue weighted by Gasteiger charge is 2.30. The Morgan fingerprint density at radius 1 is 0.886 bits per heavy atom. The maximum Gasteiger partial charge on any atom is 0.355 e. The number of aromatic amines is 1. The molecule has 178 valence electrons. The molecule has 0 saturated carbocycles. The number of ketones is 2. The predicted octanol–water partition coefficient (Wildman–Crippen LogP) is 3.38. The van der Waals surface area contributed by atoms with E-state index in [1.54, 1.807) is 38.1 Å². The lowest BCUT2D eigenvalue weighted by Gasteiger charge is -2.19. The summed E-state index contributed by atoms with van der Waals surface area (Å²) >= 11 is 0. The fourth-order valence-corrected chi connectivity index (χ4v) is 4.06. The van der Waals surface area contributed by atoms with Crippen LogP contribution in [0.3, 0.4) is 0 Å². The number of anilines is 1. The number of carbonyl (C=O) groups is 5. The van der Waals surface area contributed by atoms with Crippen LogP contribution in [0.2, 0.25) is 0 Å². The third-order valence-corrected chi connectivity index (χ3v) is 5.88. The number of rotatable bonds is 5. The second kappa shape index (κ2) is 9.02. The van der Waals surface area contributed by atoms with E-state index < -0.39 is 23.9 Å². The van der Waals surface area contributed by atoms with Crippen molar-refractivity contribution in [3.8, 4) is 0 Å². The average Bonchev–Trinajstić information content (AvgIpc) is 3.15. The molecule has 1 aliphatic rings. The molecule has 1 heterocycles. The molecule has 1 amide bonds. The SMILES string of the molecule is COC(=O)c1c(C)[nH]c(C(=O)OC(C)C(=O)Nc2ccc3c(c2)C(=O)c2ccccc2C3=O)c1C. The van der Waals surface area contributed by atoms with E-state index in [0.29, 0.717) is 22.4 Å². The third kappa shape index (κ3) is 4.12. The van der Waals surface area contributed by atoms with Gasteiger partial charge in [0, 0.05) is 33.6 Å². The van der Waals surface area contributed by atoms with E-state index in [0.717, 1.165) is 0 Å². The van der Waals surface area contributed by atoms with Gasteiger partial charge in [0.25, 0.3) is 5.91 Å². The maximum atomic E-state index is 12.9. The Morgan fingerprint density at radius 3 is 2.11 bits per heavy atom. The normalized spacial score (nSPS) is 12.9. The predicted molar refractivity (Wildman–Crippen MR) is 125 cm³/mol. The first-order chi connectivity index (χ1) is 16.6. The molecule has 0 fully saturated rings. The van der Waals surface area contributed by atoms with E-state index in [4.69, 9.17) is 9.47 Å². The zero-order chi connectivity index (χ0) is 25.4. The van der Waals surface area contributed by atoms with Crippen molar-refractivity contribution >= 4 is 35.1 Å². The Hall–Kier alpha value is -4.53. The van der Waals surface area contributed by atoms with Gasteiger partial charge >= 0.3 is 11.9 Å². The lowest BCUT2D eigenvalue weighted by molar-refractivity contribution is -0.123. The molecule has 0 radical (unpaired) electrons. The number of methoxy groups -OCH3 is 1. The molecule has 1 unspecified atom stereocenters. The van der Waals surface area contributed by atoms with Gasteiger partial charge in [-0.3, -0.25) is 14.4 Å². The second-order valence-electron chi connectivity index (χ2n) is 8.12. The molecule has 35 heavy (non-hydrogen) atoms. The van der Waals surface area contributed by atoms with Gasteiger partial charge in [-0.25, -0.2) is 9.59 Å². The van der Waals surface area contributed by atoms with Gasteiger partial charge in [-0.2, -0.15) is 0 Å². The van der Waals surface area contributed by atoms with Crippen molar-refractivity contribution in [3.63, 3.8) is 0 Å². The van der Waals surface area contributed by atoms with Gasteiger partial charge in [-0.1, -0.05) is 24.3 Å². The van der Waals surface area contributed by atoms with E-state index in [-0.39, 0.29) is 39.6 Å². The van der Waals surface area contributed by atoms with Gasteiger partial charge in [0.05, 0.1) is 12.7 Å². The van der Waals surface area contributed by atoms with Crippen LogP contribution < -0.4 is 5.32 Å². The van der Waals surface area contributed by atoms with Crippen LogP contribution >= 0.6 is 0 Å². The van der Waals surface area contributed by atoms with Gasteiger partial charge in [0.15, 0.2) is 17.7 Å². The summed E-state index contributed by atoms with van der Waals surface area (Å²) in [5.41, 5.74) is 2.42. The second-order valence-corrected chi connectivity index (χ2v) is 8.12. The lowest BCUT2D eigenvalue weighted by atomic mass is 9.84. The Labute approximate surface area is 200 Å². The van der Waals surface area contributed by atoms with Crippen LogP contribution in [0.25, 0.3) is 0 Å². The minimum atomic E-state index is -1.19. The molecule has 9 nitrogen and oxygen atoms in total. The van der Waals surface area contributed by atoms with Crippen LogP contribution in [0.5, 0.6) is 0 Å². The summed E-state index contributed by atoms with van der Waals surface area (Å²) in [5, 5.41) is 2.60. The largest absolute Gasteiger partial charge is 0.465 e. The number of esters is 2. The van der Waals surface area contributed by atoms with Crippen LogP contribution in [-0.2, 0) is 14.3 Å². The number of benzene rings is 2. The Bertz CT molecular complexity index is 1420. The van der Waals surface area contributed by atoms with Crippen LogP contribution in [0.1, 0.15) is 70.9 Å². The van der Waals surface area contributed by atoms with Crippen molar-refractivity contribution < 1.29 is 33.4 Å². The number of amides is 1. The topological polar surface area (TPSA) is 132 Å². The van der Waals surface area contributed by atoms with Gasteiger partial charge < -0.3 is 19.8 Å². The molecule has 0 spiro atoms. The highest BCUT2D eigenvalue weighted by Crippen LogP contribution is 2.29. The Morgan fingerprint density at radius 2 is 1.49 bits per heavy atom. The zero-order valence-electron chi connectivity index (χ0n) is 19.5. The van der Waals surface area contributed by atoms with Crippen molar-refractivity contribution in [2.45, 2.75) is 26.9 Å². The molecule has 2 aromatic carbocycles. The quantitative estimate of drug-likeness (QED) is 0.424. The highest BCUT2D eigenvalue weighted by atomic mass is 16.5. The third-order valence-electron chi connectivity index (χ3n) is 5.88. The Balaban J connectivity index is 1.49. The van der Waals surface area contributed by atoms with Crippen molar-refractivity contribution in [2.24, 2.45) is 0 Å². The van der Waals surface area contributed by atoms with E-state index in [2.05, 4.69) is 10.3 Å². The van der Waals surface area contributed by atoms with E-state index in [1.165, 1.54) is 32.2 Å². The molecular weight excluding hydrogens is 452 g/mol. The number of hydrogen-bond donors (Lipinski definition) is 2.